The Kier molecular flexibility index (Phi) is 6.74. The average Bonchev–Trinajstić information content (AvgIpc) is 2.24. The lowest BCUT2D eigenvalue weighted by Gasteiger charge is -2.28. The van der Waals surface area contributed by atoms with E-state index in [4.69, 9.17) is 0 Å². The summed E-state index contributed by atoms with van der Waals surface area (Å²) in [6, 6.07) is 0.809. The van der Waals surface area contributed by atoms with Gasteiger partial charge >= 0.3 is 0 Å². The van der Waals surface area contributed by atoms with Crippen LogP contribution in [0.25, 0.3) is 0 Å². The zero-order valence-corrected chi connectivity index (χ0v) is 11.4. The second-order valence-electron chi connectivity index (χ2n) is 5.21. The molecule has 0 saturated heterocycles. The van der Waals surface area contributed by atoms with E-state index in [2.05, 4.69) is 37.2 Å². The molecule has 1 aliphatic carbocycles. The summed E-state index contributed by atoms with van der Waals surface area (Å²) in [5.74, 6) is 0.858. The molecule has 0 heterocycles. The molecule has 0 aliphatic heterocycles. The van der Waals surface area contributed by atoms with Crippen LogP contribution < -0.4 is 5.32 Å². The molecule has 2 atom stereocenters. The predicted octanol–water partition coefficient (Wildman–Crippen LogP) is 3.69. The summed E-state index contributed by atoms with van der Waals surface area (Å²) >= 11 is 2.05. The maximum absolute atomic E-state index is 3.73. The molecule has 1 fully saturated rings. The molecule has 1 rings (SSSR count). The fraction of sp³-hybridized carbons (Fsp3) is 1.00. The molecular weight excluding hydrogens is 202 g/mol. The maximum Gasteiger partial charge on any atom is 0.00776 e. The van der Waals surface area contributed by atoms with Crippen LogP contribution in [0, 0.1) is 5.92 Å². The first-order valence-corrected chi connectivity index (χ1v) is 7.77. The lowest BCUT2D eigenvalue weighted by molar-refractivity contribution is 0.373. The van der Waals surface area contributed by atoms with E-state index in [0.717, 1.165) is 17.2 Å². The number of hydrogen-bond acceptors (Lipinski definition) is 2. The van der Waals surface area contributed by atoms with Gasteiger partial charge in [-0.25, -0.2) is 0 Å². The number of thioether (sulfide) groups is 1. The highest BCUT2D eigenvalue weighted by Gasteiger charge is 2.20. The van der Waals surface area contributed by atoms with E-state index in [1.54, 1.807) is 0 Å². The molecule has 15 heavy (non-hydrogen) atoms. The molecule has 0 spiro atoms. The monoisotopic (exact) mass is 229 g/mol. The molecule has 2 unspecified atom stereocenters. The van der Waals surface area contributed by atoms with Crippen molar-refractivity contribution >= 4 is 11.8 Å². The predicted molar refractivity (Wildman–Crippen MR) is 71.6 cm³/mol. The fourth-order valence-corrected chi connectivity index (χ4v) is 3.19. The Hall–Kier alpha value is 0.310. The van der Waals surface area contributed by atoms with Crippen LogP contribution in [0.3, 0.4) is 0 Å². The van der Waals surface area contributed by atoms with Crippen LogP contribution in [0.4, 0.5) is 0 Å². The molecular formula is C13H27NS. The number of nitrogens with one attached hydrogen (secondary N) is 1. The Balaban J connectivity index is 2.05. The van der Waals surface area contributed by atoms with Gasteiger partial charge in [0.1, 0.15) is 0 Å². The smallest absolute Gasteiger partial charge is 0.00776 e. The topological polar surface area (TPSA) is 12.0 Å². The first-order chi connectivity index (χ1) is 7.22. The van der Waals surface area contributed by atoms with Crippen LogP contribution in [0.1, 0.15) is 52.4 Å². The average molecular weight is 229 g/mol. The van der Waals surface area contributed by atoms with Crippen LogP contribution in [0.2, 0.25) is 0 Å². The number of hydrogen-bond donors (Lipinski definition) is 1. The Bertz CT molecular complexity index is 159. The van der Waals surface area contributed by atoms with Gasteiger partial charge in [0.05, 0.1) is 0 Å². The Morgan fingerprint density at radius 1 is 1.33 bits per heavy atom. The highest BCUT2D eigenvalue weighted by Crippen LogP contribution is 2.26. The minimum absolute atomic E-state index is 0.809. The van der Waals surface area contributed by atoms with Gasteiger partial charge in [0, 0.05) is 11.3 Å². The van der Waals surface area contributed by atoms with Gasteiger partial charge in [-0.1, -0.05) is 20.3 Å². The summed E-state index contributed by atoms with van der Waals surface area (Å²) in [6.45, 7) is 5.85. The summed E-state index contributed by atoms with van der Waals surface area (Å²) in [6.07, 6.45) is 10.6. The van der Waals surface area contributed by atoms with Crippen molar-refractivity contribution < 1.29 is 0 Å². The molecule has 0 aromatic rings. The van der Waals surface area contributed by atoms with Gasteiger partial charge in [0.2, 0.25) is 0 Å². The Morgan fingerprint density at radius 2 is 2.13 bits per heavy atom. The molecule has 1 N–H and O–H groups in total. The second kappa shape index (κ2) is 7.56. The normalized spacial score (nSPS) is 27.2. The van der Waals surface area contributed by atoms with Crippen molar-refractivity contribution in [3.05, 3.63) is 0 Å². The van der Waals surface area contributed by atoms with Gasteiger partial charge in [-0.2, -0.15) is 11.8 Å². The van der Waals surface area contributed by atoms with Crippen molar-refractivity contribution in [1.29, 1.82) is 0 Å². The van der Waals surface area contributed by atoms with Crippen LogP contribution in [0.5, 0.6) is 0 Å². The SMILES string of the molecule is CSC1CCCC(NCCCC(C)C)C1. The van der Waals surface area contributed by atoms with Crippen molar-refractivity contribution in [3.63, 3.8) is 0 Å². The molecule has 1 nitrogen and oxygen atoms in total. The van der Waals surface area contributed by atoms with Crippen LogP contribution in [0.15, 0.2) is 0 Å². The first kappa shape index (κ1) is 13.4. The van der Waals surface area contributed by atoms with Crippen molar-refractivity contribution in [2.45, 2.75) is 63.7 Å². The zero-order valence-electron chi connectivity index (χ0n) is 10.6. The third-order valence-electron chi connectivity index (χ3n) is 3.35. The van der Waals surface area contributed by atoms with Crippen molar-refractivity contribution in [2.24, 2.45) is 5.92 Å². The third-order valence-corrected chi connectivity index (χ3v) is 4.45. The van der Waals surface area contributed by atoms with Crippen molar-refractivity contribution in [2.75, 3.05) is 12.8 Å². The molecule has 0 radical (unpaired) electrons. The van der Waals surface area contributed by atoms with Gasteiger partial charge in [0.15, 0.2) is 0 Å². The van der Waals surface area contributed by atoms with Gasteiger partial charge < -0.3 is 5.32 Å². The second-order valence-corrected chi connectivity index (χ2v) is 6.35. The van der Waals surface area contributed by atoms with Gasteiger partial charge in [0.25, 0.3) is 0 Å². The lowest BCUT2D eigenvalue weighted by Crippen LogP contribution is -2.35. The molecule has 2 heteroatoms. The molecule has 0 aromatic carbocycles. The summed E-state index contributed by atoms with van der Waals surface area (Å²) in [5, 5.41) is 4.65. The van der Waals surface area contributed by atoms with E-state index in [9.17, 15) is 0 Å². The van der Waals surface area contributed by atoms with Gasteiger partial charge in [-0.3, -0.25) is 0 Å². The van der Waals surface area contributed by atoms with Gasteiger partial charge in [-0.15, -0.1) is 0 Å². The minimum atomic E-state index is 0.809. The number of rotatable bonds is 6. The van der Waals surface area contributed by atoms with Gasteiger partial charge in [-0.05, 0) is 50.8 Å². The first-order valence-electron chi connectivity index (χ1n) is 6.48. The maximum atomic E-state index is 3.73. The summed E-state index contributed by atoms with van der Waals surface area (Å²) in [4.78, 5) is 0. The van der Waals surface area contributed by atoms with E-state index in [0.29, 0.717) is 0 Å². The summed E-state index contributed by atoms with van der Waals surface area (Å²) in [5.41, 5.74) is 0. The largest absolute Gasteiger partial charge is 0.314 e. The standard InChI is InChI=1S/C13H27NS/c1-11(2)6-5-9-14-12-7-4-8-13(10-12)15-3/h11-14H,4-10H2,1-3H3. The van der Waals surface area contributed by atoms with Crippen LogP contribution in [-0.4, -0.2) is 24.1 Å². The van der Waals surface area contributed by atoms with E-state index < -0.39 is 0 Å². The van der Waals surface area contributed by atoms with E-state index in [1.807, 2.05) is 0 Å². The molecule has 1 saturated carbocycles. The molecule has 0 aromatic heterocycles. The van der Waals surface area contributed by atoms with E-state index in [-0.39, 0.29) is 0 Å². The van der Waals surface area contributed by atoms with E-state index >= 15 is 0 Å². The fourth-order valence-electron chi connectivity index (χ4n) is 2.36. The highest BCUT2D eigenvalue weighted by molar-refractivity contribution is 7.99. The highest BCUT2D eigenvalue weighted by atomic mass is 32.2. The van der Waals surface area contributed by atoms with Crippen molar-refractivity contribution in [1.82, 2.24) is 5.32 Å². The Morgan fingerprint density at radius 3 is 2.80 bits per heavy atom. The molecule has 0 bridgehead atoms. The van der Waals surface area contributed by atoms with Crippen LogP contribution >= 0.6 is 11.8 Å². The molecule has 1 aliphatic rings. The lowest BCUT2D eigenvalue weighted by atomic mass is 9.95. The summed E-state index contributed by atoms with van der Waals surface area (Å²) in [7, 11) is 0. The quantitative estimate of drug-likeness (QED) is 0.697. The Labute approximate surface area is 99.8 Å². The molecule has 0 amide bonds. The molecule has 90 valence electrons. The van der Waals surface area contributed by atoms with Crippen LogP contribution in [-0.2, 0) is 0 Å². The summed E-state index contributed by atoms with van der Waals surface area (Å²) < 4.78 is 0. The minimum Gasteiger partial charge on any atom is -0.314 e. The zero-order chi connectivity index (χ0) is 11.1. The van der Waals surface area contributed by atoms with Crippen molar-refractivity contribution in [3.8, 4) is 0 Å². The third kappa shape index (κ3) is 5.82. The van der Waals surface area contributed by atoms with E-state index in [1.165, 1.54) is 45.1 Å².